The Morgan fingerprint density at radius 1 is 1.24 bits per heavy atom. The Bertz CT molecular complexity index is 459. The van der Waals surface area contributed by atoms with E-state index in [9.17, 15) is 0 Å². The van der Waals surface area contributed by atoms with Crippen LogP contribution in [0.3, 0.4) is 0 Å². The van der Waals surface area contributed by atoms with Gasteiger partial charge in [-0.05, 0) is 48.6 Å². The number of hydrogen-bond acceptors (Lipinski definition) is 2. The van der Waals surface area contributed by atoms with Crippen molar-refractivity contribution in [2.45, 2.75) is 58.7 Å². The normalized spacial score (nSPS) is 26.8. The highest BCUT2D eigenvalue weighted by Gasteiger charge is 2.38. The summed E-state index contributed by atoms with van der Waals surface area (Å²) < 4.78 is 7.40. The zero-order chi connectivity index (χ0) is 15.5. The molecule has 2 nitrogen and oxygen atoms in total. The van der Waals surface area contributed by atoms with Crippen LogP contribution in [-0.4, -0.2) is 12.1 Å². The number of benzene rings is 1. The molecule has 1 aromatic carbocycles. The van der Waals surface area contributed by atoms with Crippen LogP contribution in [0, 0.1) is 11.3 Å². The molecule has 0 spiro atoms. The molecule has 1 aromatic rings. The van der Waals surface area contributed by atoms with E-state index in [1.807, 2.05) is 6.07 Å². The molecule has 1 fully saturated rings. The van der Waals surface area contributed by atoms with E-state index >= 15 is 0 Å². The van der Waals surface area contributed by atoms with Crippen molar-refractivity contribution in [3.63, 3.8) is 0 Å². The lowest BCUT2D eigenvalue weighted by molar-refractivity contribution is -0.0890. The highest BCUT2D eigenvalue weighted by Crippen LogP contribution is 2.42. The minimum atomic E-state index is -0.128. The molecule has 0 heterocycles. The van der Waals surface area contributed by atoms with Gasteiger partial charge in [-0.1, -0.05) is 54.9 Å². The summed E-state index contributed by atoms with van der Waals surface area (Å²) in [5, 5.41) is 0. The predicted octanol–water partition coefficient (Wildman–Crippen LogP) is 4.90. The molecule has 0 radical (unpaired) electrons. The Labute approximate surface area is 137 Å². The molecule has 0 amide bonds. The zero-order valence-electron chi connectivity index (χ0n) is 13.5. The van der Waals surface area contributed by atoms with Gasteiger partial charge in [-0.25, -0.2) is 0 Å². The molecule has 1 aliphatic rings. The third kappa shape index (κ3) is 4.30. The van der Waals surface area contributed by atoms with Crippen molar-refractivity contribution in [2.75, 3.05) is 6.54 Å². The van der Waals surface area contributed by atoms with Crippen molar-refractivity contribution >= 4 is 15.9 Å². The Morgan fingerprint density at radius 2 is 1.86 bits per heavy atom. The van der Waals surface area contributed by atoms with E-state index in [-0.39, 0.29) is 5.60 Å². The first kappa shape index (κ1) is 17.0. The van der Waals surface area contributed by atoms with Crippen LogP contribution in [0.5, 0.6) is 0 Å². The second-order valence-electron chi connectivity index (χ2n) is 7.41. The molecule has 21 heavy (non-hydrogen) atoms. The molecule has 0 atom stereocenters. The molecular formula is C18H28BrNO. The highest BCUT2D eigenvalue weighted by atomic mass is 79.9. The second-order valence-corrected chi connectivity index (χ2v) is 8.26. The summed E-state index contributed by atoms with van der Waals surface area (Å²) in [7, 11) is 0. The fourth-order valence-electron chi connectivity index (χ4n) is 3.26. The van der Waals surface area contributed by atoms with Crippen molar-refractivity contribution in [3.05, 3.63) is 34.3 Å². The van der Waals surface area contributed by atoms with E-state index in [4.69, 9.17) is 10.5 Å². The Morgan fingerprint density at radius 3 is 2.38 bits per heavy atom. The van der Waals surface area contributed by atoms with Crippen molar-refractivity contribution in [3.8, 4) is 0 Å². The smallest absolute Gasteiger partial charge is 0.0808 e. The fourth-order valence-corrected chi connectivity index (χ4v) is 3.66. The van der Waals surface area contributed by atoms with E-state index in [2.05, 4.69) is 54.9 Å². The summed E-state index contributed by atoms with van der Waals surface area (Å²) >= 11 is 3.59. The van der Waals surface area contributed by atoms with Crippen LogP contribution >= 0.6 is 15.9 Å². The van der Waals surface area contributed by atoms with Crippen molar-refractivity contribution in [1.82, 2.24) is 0 Å². The highest BCUT2D eigenvalue weighted by molar-refractivity contribution is 9.10. The van der Waals surface area contributed by atoms with Crippen LogP contribution < -0.4 is 5.73 Å². The number of halogens is 1. The number of ether oxygens (including phenoxy) is 1. The third-order valence-corrected chi connectivity index (χ3v) is 5.76. The molecule has 0 unspecified atom stereocenters. The van der Waals surface area contributed by atoms with Gasteiger partial charge in [-0.2, -0.15) is 0 Å². The summed E-state index contributed by atoms with van der Waals surface area (Å²) in [5.41, 5.74) is 7.52. The Hall–Kier alpha value is -0.380. The lowest BCUT2D eigenvalue weighted by Crippen LogP contribution is -2.45. The van der Waals surface area contributed by atoms with Gasteiger partial charge in [0.05, 0.1) is 12.2 Å². The van der Waals surface area contributed by atoms with E-state index in [1.165, 1.54) is 18.4 Å². The Kier molecular flexibility index (Phi) is 5.50. The summed E-state index contributed by atoms with van der Waals surface area (Å²) in [6.07, 6.45) is 4.60. The summed E-state index contributed by atoms with van der Waals surface area (Å²) in [6.45, 7) is 8.28. The molecule has 2 rings (SSSR count). The van der Waals surface area contributed by atoms with Crippen molar-refractivity contribution in [2.24, 2.45) is 17.1 Å². The molecule has 118 valence electrons. The first-order valence-electron chi connectivity index (χ1n) is 7.94. The zero-order valence-corrected chi connectivity index (χ0v) is 15.1. The monoisotopic (exact) mass is 353 g/mol. The molecule has 0 bridgehead atoms. The number of hydrogen-bond donors (Lipinski definition) is 1. The molecule has 0 aromatic heterocycles. The van der Waals surface area contributed by atoms with Gasteiger partial charge in [-0.15, -0.1) is 0 Å². The van der Waals surface area contributed by atoms with E-state index in [0.717, 1.165) is 23.2 Å². The fraction of sp³-hybridized carbons (Fsp3) is 0.667. The van der Waals surface area contributed by atoms with Gasteiger partial charge in [0.25, 0.3) is 0 Å². The average Bonchev–Trinajstić information content (AvgIpc) is 2.46. The second kappa shape index (κ2) is 6.80. The third-order valence-electron chi connectivity index (χ3n) is 4.99. The quantitative estimate of drug-likeness (QED) is 0.835. The summed E-state index contributed by atoms with van der Waals surface area (Å²) in [6, 6.07) is 8.25. The lowest BCUT2D eigenvalue weighted by Gasteiger charge is -2.43. The average molecular weight is 354 g/mol. The lowest BCUT2D eigenvalue weighted by atomic mass is 9.68. The standard InChI is InChI=1S/C18H28BrNO/c1-17(2,3)15-8-10-18(13-20,11-9-15)21-12-14-6-4-5-7-16(14)19/h4-7,15H,8-13,20H2,1-3H3. The predicted molar refractivity (Wildman–Crippen MR) is 92.1 cm³/mol. The van der Waals surface area contributed by atoms with Crippen molar-refractivity contribution in [1.29, 1.82) is 0 Å². The summed E-state index contributed by atoms with van der Waals surface area (Å²) in [4.78, 5) is 0. The number of rotatable bonds is 4. The van der Waals surface area contributed by atoms with Gasteiger partial charge in [0.2, 0.25) is 0 Å². The van der Waals surface area contributed by atoms with Gasteiger partial charge < -0.3 is 10.5 Å². The van der Waals surface area contributed by atoms with Gasteiger partial charge in [-0.3, -0.25) is 0 Å². The van der Waals surface area contributed by atoms with E-state index in [1.54, 1.807) is 0 Å². The molecule has 1 saturated carbocycles. The van der Waals surface area contributed by atoms with Gasteiger partial charge in [0, 0.05) is 11.0 Å². The molecular weight excluding hydrogens is 326 g/mol. The minimum Gasteiger partial charge on any atom is -0.369 e. The van der Waals surface area contributed by atoms with Crippen LogP contribution in [0.15, 0.2) is 28.7 Å². The molecule has 3 heteroatoms. The number of nitrogens with two attached hydrogens (primary N) is 1. The first-order chi connectivity index (χ1) is 9.86. The first-order valence-corrected chi connectivity index (χ1v) is 8.73. The van der Waals surface area contributed by atoms with Gasteiger partial charge in [0.1, 0.15) is 0 Å². The van der Waals surface area contributed by atoms with Crippen LogP contribution in [0.4, 0.5) is 0 Å². The van der Waals surface area contributed by atoms with Gasteiger partial charge in [0.15, 0.2) is 0 Å². The maximum atomic E-state index is 6.29. The van der Waals surface area contributed by atoms with E-state index in [0.29, 0.717) is 18.6 Å². The van der Waals surface area contributed by atoms with Crippen LogP contribution in [0.1, 0.15) is 52.0 Å². The molecule has 0 aliphatic heterocycles. The van der Waals surface area contributed by atoms with Crippen LogP contribution in [0.2, 0.25) is 0 Å². The van der Waals surface area contributed by atoms with Crippen LogP contribution in [0.25, 0.3) is 0 Å². The maximum Gasteiger partial charge on any atom is 0.0808 e. The topological polar surface area (TPSA) is 35.2 Å². The largest absolute Gasteiger partial charge is 0.369 e. The maximum absolute atomic E-state index is 6.29. The molecule has 1 aliphatic carbocycles. The van der Waals surface area contributed by atoms with E-state index < -0.39 is 0 Å². The molecule has 0 saturated heterocycles. The van der Waals surface area contributed by atoms with Gasteiger partial charge >= 0.3 is 0 Å². The summed E-state index contributed by atoms with van der Waals surface area (Å²) in [5.74, 6) is 0.782. The minimum absolute atomic E-state index is 0.128. The van der Waals surface area contributed by atoms with Crippen LogP contribution in [-0.2, 0) is 11.3 Å². The Balaban J connectivity index is 1.96. The SMILES string of the molecule is CC(C)(C)C1CCC(CN)(OCc2ccccc2Br)CC1. The molecule has 2 N–H and O–H groups in total. The van der Waals surface area contributed by atoms with Crippen molar-refractivity contribution < 1.29 is 4.74 Å².